The Hall–Kier alpha value is -2.22. The van der Waals surface area contributed by atoms with Gasteiger partial charge in [-0.05, 0) is 28.8 Å². The van der Waals surface area contributed by atoms with Crippen LogP contribution >= 0.6 is 0 Å². The van der Waals surface area contributed by atoms with Gasteiger partial charge in [0.05, 0.1) is 12.2 Å². The molecule has 0 radical (unpaired) electrons. The van der Waals surface area contributed by atoms with E-state index < -0.39 is 5.82 Å². The minimum atomic E-state index is -0.478. The molecule has 0 saturated carbocycles. The predicted octanol–water partition coefficient (Wildman–Crippen LogP) is 3.13. The zero-order valence-electron chi connectivity index (χ0n) is 11.9. The molecule has 0 aliphatic carbocycles. The Morgan fingerprint density at radius 2 is 1.81 bits per heavy atom. The molecule has 2 aromatic rings. The first-order valence-electron chi connectivity index (χ1n) is 6.69. The van der Waals surface area contributed by atoms with E-state index in [1.807, 2.05) is 24.3 Å². The summed E-state index contributed by atoms with van der Waals surface area (Å²) in [6, 6.07) is 14.6. The van der Waals surface area contributed by atoms with Crippen molar-refractivity contribution >= 4 is 0 Å². The van der Waals surface area contributed by atoms with Crippen LogP contribution in [0.2, 0.25) is 0 Å². The maximum absolute atomic E-state index is 13.2. The summed E-state index contributed by atoms with van der Waals surface area (Å²) in [5, 5.41) is 12.1. The van der Waals surface area contributed by atoms with Crippen LogP contribution in [0, 0.1) is 17.1 Å². The van der Waals surface area contributed by atoms with Crippen molar-refractivity contribution in [3.8, 4) is 6.07 Å². The predicted molar refractivity (Wildman–Crippen MR) is 78.8 cm³/mol. The zero-order chi connectivity index (χ0) is 15.1. The fraction of sp³-hybridized carbons (Fsp3) is 0.235. The fourth-order valence-electron chi connectivity index (χ4n) is 2.12. The Morgan fingerprint density at radius 3 is 2.52 bits per heavy atom. The molecule has 0 saturated heterocycles. The highest BCUT2D eigenvalue weighted by Gasteiger charge is 2.02. The number of hydrogen-bond acceptors (Lipinski definition) is 3. The zero-order valence-corrected chi connectivity index (χ0v) is 11.9. The molecule has 0 spiro atoms. The summed E-state index contributed by atoms with van der Waals surface area (Å²) >= 11 is 0. The molecule has 0 atom stereocenters. The van der Waals surface area contributed by atoms with Crippen LogP contribution in [0.25, 0.3) is 0 Å². The highest BCUT2D eigenvalue weighted by atomic mass is 19.1. The standard InChI is InChI=1S/C17H17FN2O/c1-21-12-15-4-2-3-13(7-15)10-20-11-14-5-6-17(18)16(8-14)9-19/h2-8,20H,10-12H2,1H3. The van der Waals surface area contributed by atoms with Gasteiger partial charge in [-0.2, -0.15) is 5.26 Å². The van der Waals surface area contributed by atoms with Gasteiger partial charge in [-0.3, -0.25) is 0 Å². The number of ether oxygens (including phenoxy) is 1. The third kappa shape index (κ3) is 4.38. The van der Waals surface area contributed by atoms with E-state index in [9.17, 15) is 4.39 Å². The maximum atomic E-state index is 13.2. The molecule has 2 rings (SSSR count). The van der Waals surface area contributed by atoms with Gasteiger partial charge in [-0.15, -0.1) is 0 Å². The molecular formula is C17H17FN2O. The number of nitriles is 1. The van der Waals surface area contributed by atoms with Gasteiger partial charge in [0.1, 0.15) is 11.9 Å². The lowest BCUT2D eigenvalue weighted by Crippen LogP contribution is -2.13. The Balaban J connectivity index is 1.92. The van der Waals surface area contributed by atoms with Gasteiger partial charge >= 0.3 is 0 Å². The van der Waals surface area contributed by atoms with Crippen molar-refractivity contribution in [1.29, 1.82) is 5.26 Å². The molecule has 108 valence electrons. The summed E-state index contributed by atoms with van der Waals surface area (Å²) < 4.78 is 18.3. The normalized spacial score (nSPS) is 10.3. The number of rotatable bonds is 6. The topological polar surface area (TPSA) is 45.0 Å². The molecule has 0 heterocycles. The lowest BCUT2D eigenvalue weighted by Gasteiger charge is -2.07. The van der Waals surface area contributed by atoms with Crippen molar-refractivity contribution in [3.63, 3.8) is 0 Å². The molecule has 0 amide bonds. The minimum Gasteiger partial charge on any atom is -0.380 e. The molecule has 0 aromatic heterocycles. The van der Waals surface area contributed by atoms with Crippen molar-refractivity contribution in [2.75, 3.05) is 7.11 Å². The summed E-state index contributed by atoms with van der Waals surface area (Å²) in [6.07, 6.45) is 0. The highest BCUT2D eigenvalue weighted by Crippen LogP contribution is 2.10. The van der Waals surface area contributed by atoms with Gasteiger partial charge in [0.2, 0.25) is 0 Å². The van der Waals surface area contributed by atoms with Gasteiger partial charge in [0.15, 0.2) is 0 Å². The molecular weight excluding hydrogens is 267 g/mol. The van der Waals surface area contributed by atoms with Crippen molar-refractivity contribution in [2.45, 2.75) is 19.7 Å². The van der Waals surface area contributed by atoms with E-state index in [2.05, 4.69) is 11.4 Å². The van der Waals surface area contributed by atoms with E-state index in [1.54, 1.807) is 19.2 Å². The molecule has 4 heteroatoms. The number of halogens is 1. The van der Waals surface area contributed by atoms with Crippen molar-refractivity contribution in [1.82, 2.24) is 5.32 Å². The van der Waals surface area contributed by atoms with Crippen molar-refractivity contribution in [2.24, 2.45) is 0 Å². The Bertz CT molecular complexity index is 649. The third-order valence-electron chi connectivity index (χ3n) is 3.11. The second-order valence-electron chi connectivity index (χ2n) is 4.78. The largest absolute Gasteiger partial charge is 0.380 e. The van der Waals surface area contributed by atoms with E-state index in [0.29, 0.717) is 19.7 Å². The lowest BCUT2D eigenvalue weighted by atomic mass is 10.1. The Labute approximate surface area is 124 Å². The van der Waals surface area contributed by atoms with Crippen LogP contribution in [0.5, 0.6) is 0 Å². The fourth-order valence-corrected chi connectivity index (χ4v) is 2.12. The van der Waals surface area contributed by atoms with Crippen molar-refractivity contribution in [3.05, 3.63) is 70.5 Å². The van der Waals surface area contributed by atoms with Gasteiger partial charge in [-0.25, -0.2) is 4.39 Å². The van der Waals surface area contributed by atoms with Crippen molar-refractivity contribution < 1.29 is 9.13 Å². The van der Waals surface area contributed by atoms with E-state index in [-0.39, 0.29) is 5.56 Å². The summed E-state index contributed by atoms with van der Waals surface area (Å²) in [4.78, 5) is 0. The molecule has 21 heavy (non-hydrogen) atoms. The molecule has 0 aliphatic rings. The van der Waals surface area contributed by atoms with Gasteiger partial charge in [0, 0.05) is 20.2 Å². The first-order chi connectivity index (χ1) is 10.2. The average molecular weight is 284 g/mol. The van der Waals surface area contributed by atoms with E-state index in [4.69, 9.17) is 10.00 Å². The van der Waals surface area contributed by atoms with E-state index >= 15 is 0 Å². The SMILES string of the molecule is COCc1cccc(CNCc2ccc(F)c(C#N)c2)c1. The smallest absolute Gasteiger partial charge is 0.140 e. The number of hydrogen-bond donors (Lipinski definition) is 1. The second kappa shape index (κ2) is 7.53. The first-order valence-corrected chi connectivity index (χ1v) is 6.69. The molecule has 1 N–H and O–H groups in total. The number of nitrogens with zero attached hydrogens (tertiary/aromatic N) is 1. The molecule has 0 fully saturated rings. The highest BCUT2D eigenvalue weighted by molar-refractivity contribution is 5.34. The summed E-state index contributed by atoms with van der Waals surface area (Å²) in [6.45, 7) is 1.89. The van der Waals surface area contributed by atoms with Crippen LogP contribution in [0.15, 0.2) is 42.5 Å². The second-order valence-corrected chi connectivity index (χ2v) is 4.78. The maximum Gasteiger partial charge on any atom is 0.140 e. The van der Waals surface area contributed by atoms with Gasteiger partial charge < -0.3 is 10.1 Å². The van der Waals surface area contributed by atoms with E-state index in [0.717, 1.165) is 16.7 Å². The van der Waals surface area contributed by atoms with Crippen LogP contribution in [0.4, 0.5) is 4.39 Å². The Morgan fingerprint density at radius 1 is 1.10 bits per heavy atom. The summed E-state index contributed by atoms with van der Waals surface area (Å²) in [5.74, 6) is -0.478. The number of nitrogens with one attached hydrogen (secondary N) is 1. The average Bonchev–Trinajstić information content (AvgIpc) is 2.50. The van der Waals surface area contributed by atoms with Crippen LogP contribution < -0.4 is 5.32 Å². The van der Waals surface area contributed by atoms with Gasteiger partial charge in [0.25, 0.3) is 0 Å². The third-order valence-corrected chi connectivity index (χ3v) is 3.11. The van der Waals surface area contributed by atoms with Crippen LogP contribution in [-0.2, 0) is 24.4 Å². The molecule has 0 aliphatic heterocycles. The molecule has 0 unspecified atom stereocenters. The lowest BCUT2D eigenvalue weighted by molar-refractivity contribution is 0.185. The number of methoxy groups -OCH3 is 1. The molecule has 2 aromatic carbocycles. The first kappa shape index (κ1) is 15.2. The summed E-state index contributed by atoms with van der Waals surface area (Å²) in [5.41, 5.74) is 3.26. The number of benzene rings is 2. The van der Waals surface area contributed by atoms with E-state index in [1.165, 1.54) is 6.07 Å². The van der Waals surface area contributed by atoms with Gasteiger partial charge in [-0.1, -0.05) is 30.3 Å². The molecule has 0 bridgehead atoms. The molecule has 3 nitrogen and oxygen atoms in total. The van der Waals surface area contributed by atoms with Crippen LogP contribution in [-0.4, -0.2) is 7.11 Å². The monoisotopic (exact) mass is 284 g/mol. The van der Waals surface area contributed by atoms with Crippen LogP contribution in [0.3, 0.4) is 0 Å². The minimum absolute atomic E-state index is 0.0800. The quantitative estimate of drug-likeness (QED) is 0.886. The van der Waals surface area contributed by atoms with Crippen LogP contribution in [0.1, 0.15) is 22.3 Å². The Kier molecular flexibility index (Phi) is 5.44. The summed E-state index contributed by atoms with van der Waals surface area (Å²) in [7, 11) is 1.67.